The third-order valence-corrected chi connectivity index (χ3v) is 5.21. The molecule has 3 aromatic carbocycles. The second-order valence-electron chi connectivity index (χ2n) is 7.50. The van der Waals surface area contributed by atoms with Crippen molar-refractivity contribution < 1.29 is 18.4 Å². The summed E-state index contributed by atoms with van der Waals surface area (Å²) in [6, 6.07) is 16.5. The van der Waals surface area contributed by atoms with E-state index in [1.165, 1.54) is 72.0 Å². The zero-order chi connectivity index (χ0) is 24.1. The first kappa shape index (κ1) is 22.7. The zero-order valence-electron chi connectivity index (χ0n) is 18.2. The van der Waals surface area contributed by atoms with Gasteiger partial charge in [-0.25, -0.2) is 13.8 Å². The number of hydrogen-bond acceptors (Lipinski definition) is 4. The van der Waals surface area contributed by atoms with Crippen LogP contribution in [-0.4, -0.2) is 21.8 Å². The summed E-state index contributed by atoms with van der Waals surface area (Å²) in [5.74, 6) is -2.07. The highest BCUT2D eigenvalue weighted by Crippen LogP contribution is 2.32. The number of hydrogen-bond donors (Lipinski definition) is 1. The predicted octanol–water partition coefficient (Wildman–Crippen LogP) is 5.09. The number of benzene rings is 3. The molecule has 4 aromatic rings. The third kappa shape index (κ3) is 4.96. The highest BCUT2D eigenvalue weighted by atomic mass is 19.1. The summed E-state index contributed by atoms with van der Waals surface area (Å²) in [6.07, 6.45) is 4.10. The Balaban J connectivity index is 1.85. The average Bonchev–Trinajstić information content (AvgIpc) is 2.85. The summed E-state index contributed by atoms with van der Waals surface area (Å²) < 4.78 is 27.1. The summed E-state index contributed by atoms with van der Waals surface area (Å²) in [7, 11) is 0. The van der Waals surface area contributed by atoms with E-state index in [4.69, 9.17) is 0 Å². The molecule has 0 aliphatic rings. The van der Waals surface area contributed by atoms with Crippen molar-refractivity contribution in [2.24, 2.45) is 0 Å². The van der Waals surface area contributed by atoms with Gasteiger partial charge in [0, 0.05) is 23.8 Å². The molecule has 0 saturated carbocycles. The molecule has 1 unspecified atom stereocenters. The van der Waals surface area contributed by atoms with Crippen LogP contribution >= 0.6 is 0 Å². The standard InChI is InChI=1S/C26H20F2N4O2/c1-17-4-2-3-5-22(17)24(25(33)31-20-10-6-18(27)7-11-20)32(21-12-8-19(28)9-13-21)26(34)23-16-29-14-15-30-23/h2-16,24H,1H3,(H,31,33). The Morgan fingerprint density at radius 1 is 0.882 bits per heavy atom. The van der Waals surface area contributed by atoms with Gasteiger partial charge in [0.1, 0.15) is 23.4 Å². The van der Waals surface area contributed by atoms with Crippen LogP contribution in [0.15, 0.2) is 91.4 Å². The van der Waals surface area contributed by atoms with Gasteiger partial charge in [-0.15, -0.1) is 0 Å². The Kier molecular flexibility index (Phi) is 6.68. The number of nitrogens with one attached hydrogen (secondary N) is 1. The van der Waals surface area contributed by atoms with E-state index in [1.54, 1.807) is 12.1 Å². The largest absolute Gasteiger partial charge is 0.324 e. The van der Waals surface area contributed by atoms with Gasteiger partial charge in [-0.3, -0.25) is 19.5 Å². The van der Waals surface area contributed by atoms with E-state index < -0.39 is 29.5 Å². The molecule has 0 aliphatic carbocycles. The number of aromatic nitrogens is 2. The Bertz CT molecular complexity index is 1300. The summed E-state index contributed by atoms with van der Waals surface area (Å²) in [4.78, 5) is 36.6. The first-order chi connectivity index (χ1) is 16.4. The molecule has 2 amide bonds. The fraction of sp³-hybridized carbons (Fsp3) is 0.0769. The topological polar surface area (TPSA) is 75.2 Å². The fourth-order valence-electron chi connectivity index (χ4n) is 3.55. The predicted molar refractivity (Wildman–Crippen MR) is 124 cm³/mol. The van der Waals surface area contributed by atoms with Gasteiger partial charge in [-0.2, -0.15) is 0 Å². The molecule has 8 heteroatoms. The van der Waals surface area contributed by atoms with Crippen molar-refractivity contribution in [2.45, 2.75) is 13.0 Å². The van der Waals surface area contributed by atoms with Gasteiger partial charge in [-0.05, 0) is 66.6 Å². The molecule has 4 rings (SSSR count). The first-order valence-corrected chi connectivity index (χ1v) is 10.4. The minimum Gasteiger partial charge on any atom is -0.324 e. The molecule has 0 fully saturated rings. The Morgan fingerprint density at radius 2 is 1.53 bits per heavy atom. The molecule has 1 heterocycles. The molecule has 0 radical (unpaired) electrons. The van der Waals surface area contributed by atoms with Gasteiger partial charge in [0.15, 0.2) is 0 Å². The maximum absolute atomic E-state index is 13.7. The molecule has 1 atom stereocenters. The van der Waals surface area contributed by atoms with Crippen molar-refractivity contribution in [3.63, 3.8) is 0 Å². The minimum absolute atomic E-state index is 0.0139. The molecular weight excluding hydrogens is 438 g/mol. The van der Waals surface area contributed by atoms with Crippen LogP contribution in [0.5, 0.6) is 0 Å². The molecule has 6 nitrogen and oxygen atoms in total. The van der Waals surface area contributed by atoms with E-state index in [-0.39, 0.29) is 5.69 Å². The lowest BCUT2D eigenvalue weighted by molar-refractivity contribution is -0.117. The molecule has 0 bridgehead atoms. The molecule has 1 aromatic heterocycles. The van der Waals surface area contributed by atoms with E-state index in [0.717, 1.165) is 5.56 Å². The van der Waals surface area contributed by atoms with E-state index in [2.05, 4.69) is 15.3 Å². The number of halogens is 2. The third-order valence-electron chi connectivity index (χ3n) is 5.21. The normalized spacial score (nSPS) is 11.5. The van der Waals surface area contributed by atoms with Crippen molar-refractivity contribution in [2.75, 3.05) is 10.2 Å². The van der Waals surface area contributed by atoms with E-state index in [0.29, 0.717) is 16.9 Å². The van der Waals surface area contributed by atoms with Crippen molar-refractivity contribution >= 4 is 23.2 Å². The van der Waals surface area contributed by atoms with Gasteiger partial charge < -0.3 is 5.32 Å². The molecule has 0 aliphatic heterocycles. The number of carbonyl (C=O) groups is 2. The fourth-order valence-corrected chi connectivity index (χ4v) is 3.55. The van der Waals surface area contributed by atoms with Gasteiger partial charge in [-0.1, -0.05) is 24.3 Å². The lowest BCUT2D eigenvalue weighted by atomic mass is 9.97. The summed E-state index contributed by atoms with van der Waals surface area (Å²) in [5, 5.41) is 2.75. The Labute approximate surface area is 194 Å². The van der Waals surface area contributed by atoms with Crippen LogP contribution in [0.4, 0.5) is 20.2 Å². The SMILES string of the molecule is Cc1ccccc1C(C(=O)Nc1ccc(F)cc1)N(C(=O)c1cnccn1)c1ccc(F)cc1. The van der Waals surface area contributed by atoms with Crippen LogP contribution in [0.25, 0.3) is 0 Å². The zero-order valence-corrected chi connectivity index (χ0v) is 18.2. The second kappa shape index (κ2) is 9.99. The van der Waals surface area contributed by atoms with Gasteiger partial charge in [0.25, 0.3) is 11.8 Å². The quantitative estimate of drug-likeness (QED) is 0.437. The number of amides is 2. The molecule has 0 saturated heterocycles. The van der Waals surface area contributed by atoms with Crippen LogP contribution in [0, 0.1) is 18.6 Å². The van der Waals surface area contributed by atoms with Crippen molar-refractivity contribution in [1.29, 1.82) is 0 Å². The molecule has 1 N–H and O–H groups in total. The number of anilines is 2. The Hall–Kier alpha value is -4.46. The van der Waals surface area contributed by atoms with E-state index >= 15 is 0 Å². The van der Waals surface area contributed by atoms with Crippen LogP contribution in [0.3, 0.4) is 0 Å². The monoisotopic (exact) mass is 458 g/mol. The first-order valence-electron chi connectivity index (χ1n) is 10.4. The summed E-state index contributed by atoms with van der Waals surface area (Å²) >= 11 is 0. The smallest absolute Gasteiger partial charge is 0.279 e. The Morgan fingerprint density at radius 3 is 2.15 bits per heavy atom. The lowest BCUT2D eigenvalue weighted by Crippen LogP contribution is -2.42. The second-order valence-corrected chi connectivity index (χ2v) is 7.50. The molecular formula is C26H20F2N4O2. The highest BCUT2D eigenvalue weighted by molar-refractivity contribution is 6.11. The van der Waals surface area contributed by atoms with Crippen LogP contribution in [0.1, 0.15) is 27.7 Å². The van der Waals surface area contributed by atoms with Crippen LogP contribution in [0.2, 0.25) is 0 Å². The number of rotatable bonds is 6. The van der Waals surface area contributed by atoms with Crippen LogP contribution in [-0.2, 0) is 4.79 Å². The van der Waals surface area contributed by atoms with E-state index in [9.17, 15) is 18.4 Å². The van der Waals surface area contributed by atoms with Gasteiger partial charge in [0.2, 0.25) is 0 Å². The minimum atomic E-state index is -1.15. The van der Waals surface area contributed by atoms with E-state index in [1.807, 2.05) is 19.1 Å². The lowest BCUT2D eigenvalue weighted by Gasteiger charge is -2.32. The van der Waals surface area contributed by atoms with Gasteiger partial charge >= 0.3 is 0 Å². The maximum Gasteiger partial charge on any atom is 0.279 e. The maximum atomic E-state index is 13.7. The summed E-state index contributed by atoms with van der Waals surface area (Å²) in [5.41, 5.74) is 1.99. The van der Waals surface area contributed by atoms with Crippen molar-refractivity contribution in [3.05, 3.63) is 120 Å². The molecule has 34 heavy (non-hydrogen) atoms. The summed E-state index contributed by atoms with van der Waals surface area (Å²) in [6.45, 7) is 1.82. The molecule has 0 spiro atoms. The van der Waals surface area contributed by atoms with Crippen molar-refractivity contribution in [3.8, 4) is 0 Å². The number of aryl methyl sites for hydroxylation is 1. The number of carbonyl (C=O) groups excluding carboxylic acids is 2. The molecule has 170 valence electrons. The van der Waals surface area contributed by atoms with Crippen molar-refractivity contribution in [1.82, 2.24) is 9.97 Å². The van der Waals surface area contributed by atoms with Crippen LogP contribution < -0.4 is 10.2 Å². The van der Waals surface area contributed by atoms with Gasteiger partial charge in [0.05, 0.1) is 6.20 Å². The average molecular weight is 458 g/mol. The number of nitrogens with zero attached hydrogens (tertiary/aromatic N) is 3. The highest BCUT2D eigenvalue weighted by Gasteiger charge is 2.35.